The van der Waals surface area contributed by atoms with Gasteiger partial charge in [-0.15, -0.1) is 0 Å². The van der Waals surface area contributed by atoms with E-state index in [4.69, 9.17) is 0 Å². The average molecular weight is 220 g/mol. The number of carboxylic acid groups (broad SMARTS) is 1. The van der Waals surface area contributed by atoms with Gasteiger partial charge in [0.2, 0.25) is 5.91 Å². The Labute approximate surface area is 94.3 Å². The van der Waals surface area contributed by atoms with Crippen molar-refractivity contribution in [2.75, 3.05) is 5.32 Å². The van der Waals surface area contributed by atoms with Crippen molar-refractivity contribution in [3.05, 3.63) is 29.8 Å². The summed E-state index contributed by atoms with van der Waals surface area (Å²) in [5, 5.41) is 12.8. The summed E-state index contributed by atoms with van der Waals surface area (Å²) in [4.78, 5) is 21.5. The van der Waals surface area contributed by atoms with E-state index in [1.54, 1.807) is 6.07 Å². The zero-order chi connectivity index (χ0) is 12.0. The molecule has 0 bridgehead atoms. The van der Waals surface area contributed by atoms with Crippen molar-refractivity contribution in [3.63, 3.8) is 0 Å². The van der Waals surface area contributed by atoms with Crippen LogP contribution < -0.4 is 10.4 Å². The van der Waals surface area contributed by atoms with Crippen LogP contribution in [0.3, 0.4) is 0 Å². The molecule has 86 valence electrons. The number of hydrogen-bond acceptors (Lipinski definition) is 3. The number of carboxylic acids is 1. The van der Waals surface area contributed by atoms with Crippen LogP contribution in [0.2, 0.25) is 0 Å². The predicted octanol–water partition coefficient (Wildman–Crippen LogP) is 0.854. The van der Waals surface area contributed by atoms with Gasteiger partial charge in [0, 0.05) is 18.1 Å². The van der Waals surface area contributed by atoms with E-state index in [2.05, 4.69) is 5.32 Å². The van der Waals surface area contributed by atoms with Crippen molar-refractivity contribution in [3.8, 4) is 0 Å². The highest BCUT2D eigenvalue weighted by atomic mass is 16.4. The molecule has 0 saturated carbocycles. The van der Waals surface area contributed by atoms with Crippen LogP contribution in [-0.4, -0.2) is 11.9 Å². The fraction of sp³-hybridized carbons (Fsp3) is 0.333. The number of hydrogen-bond donors (Lipinski definition) is 1. The van der Waals surface area contributed by atoms with Gasteiger partial charge < -0.3 is 15.2 Å². The van der Waals surface area contributed by atoms with Gasteiger partial charge in [-0.25, -0.2) is 0 Å². The van der Waals surface area contributed by atoms with Crippen LogP contribution in [0.5, 0.6) is 0 Å². The fourth-order valence-electron chi connectivity index (χ4n) is 1.34. The number of carbonyl (C=O) groups excluding carboxylic acids is 2. The fourth-order valence-corrected chi connectivity index (χ4v) is 1.34. The van der Waals surface area contributed by atoms with E-state index in [1.807, 2.05) is 25.1 Å². The van der Waals surface area contributed by atoms with Gasteiger partial charge in [-0.05, 0) is 37.5 Å². The maximum absolute atomic E-state index is 11.4. The number of amides is 1. The molecule has 1 rings (SSSR count). The number of carbonyl (C=O) groups is 2. The molecule has 0 saturated heterocycles. The topological polar surface area (TPSA) is 69.2 Å². The van der Waals surface area contributed by atoms with Crippen molar-refractivity contribution in [2.24, 2.45) is 0 Å². The minimum absolute atomic E-state index is 0.0821. The van der Waals surface area contributed by atoms with Crippen molar-refractivity contribution in [2.45, 2.75) is 26.2 Å². The van der Waals surface area contributed by atoms with Gasteiger partial charge in [-0.1, -0.05) is 12.1 Å². The Balaban J connectivity index is 2.37. The number of benzene rings is 1. The van der Waals surface area contributed by atoms with Gasteiger partial charge in [0.05, 0.1) is 0 Å². The monoisotopic (exact) mass is 220 g/mol. The van der Waals surface area contributed by atoms with Crippen LogP contribution >= 0.6 is 0 Å². The molecule has 1 amide bonds. The molecular weight excluding hydrogens is 206 g/mol. The van der Waals surface area contributed by atoms with E-state index < -0.39 is 5.97 Å². The third kappa shape index (κ3) is 4.59. The summed E-state index contributed by atoms with van der Waals surface area (Å²) >= 11 is 0. The van der Waals surface area contributed by atoms with E-state index in [0.29, 0.717) is 6.42 Å². The van der Waals surface area contributed by atoms with Crippen LogP contribution in [0.4, 0.5) is 5.69 Å². The average Bonchev–Trinajstić information content (AvgIpc) is 2.16. The highest BCUT2D eigenvalue weighted by Gasteiger charge is 2.02. The molecule has 1 aromatic carbocycles. The maximum atomic E-state index is 11.4. The van der Waals surface area contributed by atoms with Crippen molar-refractivity contribution in [1.82, 2.24) is 0 Å². The maximum Gasteiger partial charge on any atom is 0.224 e. The second kappa shape index (κ2) is 5.90. The zero-order valence-electron chi connectivity index (χ0n) is 9.16. The third-order valence-corrected chi connectivity index (χ3v) is 2.09. The molecular formula is C12H14NO3-. The van der Waals surface area contributed by atoms with E-state index in [1.165, 1.54) is 0 Å². The lowest BCUT2D eigenvalue weighted by atomic mass is 10.2. The smallest absolute Gasteiger partial charge is 0.224 e. The lowest BCUT2D eigenvalue weighted by Gasteiger charge is -2.06. The summed E-state index contributed by atoms with van der Waals surface area (Å²) in [5.74, 6) is -1.30. The molecule has 16 heavy (non-hydrogen) atoms. The number of nitrogens with one attached hydrogen (secondary N) is 1. The molecule has 0 aliphatic carbocycles. The van der Waals surface area contributed by atoms with E-state index >= 15 is 0 Å². The summed E-state index contributed by atoms with van der Waals surface area (Å²) in [7, 11) is 0. The second-order valence-electron chi connectivity index (χ2n) is 3.64. The Morgan fingerprint density at radius 2 is 2.06 bits per heavy atom. The normalized spacial score (nSPS) is 9.81. The van der Waals surface area contributed by atoms with Crippen LogP contribution in [0, 0.1) is 6.92 Å². The highest BCUT2D eigenvalue weighted by Crippen LogP contribution is 2.10. The first-order valence-corrected chi connectivity index (χ1v) is 5.14. The standard InChI is InChI=1S/C12H15NO3/c1-9-4-2-5-10(8-9)13-11(14)6-3-7-12(15)16/h2,4-5,8H,3,6-7H2,1H3,(H,13,14)(H,15,16)/p-1. The molecule has 0 spiro atoms. The van der Waals surface area contributed by atoms with Gasteiger partial charge >= 0.3 is 0 Å². The number of aliphatic carboxylic acids is 1. The summed E-state index contributed by atoms with van der Waals surface area (Å²) in [6, 6.07) is 7.44. The van der Waals surface area contributed by atoms with Gasteiger partial charge in [-0.3, -0.25) is 4.79 Å². The van der Waals surface area contributed by atoms with Crippen molar-refractivity contribution < 1.29 is 14.7 Å². The molecule has 0 aromatic heterocycles. The lowest BCUT2D eigenvalue weighted by Crippen LogP contribution is -2.22. The summed E-state index contributed by atoms with van der Waals surface area (Å²) in [6.45, 7) is 1.94. The first-order valence-electron chi connectivity index (χ1n) is 5.14. The third-order valence-electron chi connectivity index (χ3n) is 2.09. The number of rotatable bonds is 5. The Kier molecular flexibility index (Phi) is 4.51. The first kappa shape index (κ1) is 12.2. The largest absolute Gasteiger partial charge is 0.550 e. The van der Waals surface area contributed by atoms with Gasteiger partial charge in [-0.2, -0.15) is 0 Å². The van der Waals surface area contributed by atoms with Gasteiger partial charge in [0.15, 0.2) is 0 Å². The summed E-state index contributed by atoms with van der Waals surface area (Å²) < 4.78 is 0. The molecule has 0 unspecified atom stereocenters. The summed E-state index contributed by atoms with van der Waals surface area (Å²) in [6.07, 6.45) is 0.420. The Morgan fingerprint density at radius 1 is 1.31 bits per heavy atom. The molecule has 0 aliphatic rings. The minimum Gasteiger partial charge on any atom is -0.550 e. The van der Waals surface area contributed by atoms with Crippen LogP contribution in [0.1, 0.15) is 24.8 Å². The molecule has 1 N–H and O–H groups in total. The lowest BCUT2D eigenvalue weighted by molar-refractivity contribution is -0.305. The van der Waals surface area contributed by atoms with Crippen LogP contribution in [0.25, 0.3) is 0 Å². The number of anilines is 1. The quantitative estimate of drug-likeness (QED) is 0.799. The molecule has 0 radical (unpaired) electrons. The first-order chi connectivity index (χ1) is 7.58. The van der Waals surface area contributed by atoms with Gasteiger partial charge in [0.1, 0.15) is 0 Å². The molecule has 0 heterocycles. The van der Waals surface area contributed by atoms with E-state index in [9.17, 15) is 14.7 Å². The predicted molar refractivity (Wildman–Crippen MR) is 58.7 cm³/mol. The molecule has 4 nitrogen and oxygen atoms in total. The minimum atomic E-state index is -1.12. The Hall–Kier alpha value is -1.84. The number of aryl methyl sites for hydroxylation is 1. The highest BCUT2D eigenvalue weighted by molar-refractivity contribution is 5.90. The molecule has 0 atom stereocenters. The Morgan fingerprint density at radius 3 is 2.69 bits per heavy atom. The second-order valence-corrected chi connectivity index (χ2v) is 3.64. The van der Waals surface area contributed by atoms with Crippen LogP contribution in [0.15, 0.2) is 24.3 Å². The molecule has 4 heteroatoms. The SMILES string of the molecule is Cc1cccc(NC(=O)CCCC(=O)[O-])c1. The zero-order valence-corrected chi connectivity index (χ0v) is 9.16. The van der Waals surface area contributed by atoms with Crippen LogP contribution in [-0.2, 0) is 9.59 Å². The summed E-state index contributed by atoms with van der Waals surface area (Å²) in [5.41, 5.74) is 1.80. The molecule has 0 fully saturated rings. The van der Waals surface area contributed by atoms with Crippen molar-refractivity contribution in [1.29, 1.82) is 0 Å². The van der Waals surface area contributed by atoms with E-state index in [-0.39, 0.29) is 18.7 Å². The Bertz CT molecular complexity index is 388. The van der Waals surface area contributed by atoms with E-state index in [0.717, 1.165) is 11.3 Å². The molecule has 1 aromatic rings. The van der Waals surface area contributed by atoms with Gasteiger partial charge in [0.25, 0.3) is 0 Å². The van der Waals surface area contributed by atoms with Crippen molar-refractivity contribution >= 4 is 17.6 Å². The molecule has 0 aliphatic heterocycles.